The summed E-state index contributed by atoms with van der Waals surface area (Å²) in [5, 5.41) is 9.41. The Morgan fingerprint density at radius 1 is 1.16 bits per heavy atom. The summed E-state index contributed by atoms with van der Waals surface area (Å²) in [7, 11) is 0. The molecule has 98 valence electrons. The summed E-state index contributed by atoms with van der Waals surface area (Å²) in [6.07, 6.45) is 0. The number of ketones is 1. The van der Waals surface area contributed by atoms with Crippen LogP contribution in [-0.4, -0.2) is 17.5 Å². The van der Waals surface area contributed by atoms with Gasteiger partial charge < -0.3 is 9.84 Å². The molecule has 0 atom stereocenters. The molecule has 0 fully saturated rings. The van der Waals surface area contributed by atoms with Crippen LogP contribution < -0.4 is 4.74 Å². The fourth-order valence-corrected chi connectivity index (χ4v) is 1.83. The van der Waals surface area contributed by atoms with E-state index in [0.717, 1.165) is 5.56 Å². The fourth-order valence-electron chi connectivity index (χ4n) is 1.62. The molecular weight excluding hydrogens is 264 g/mol. The molecule has 0 aliphatic rings. The van der Waals surface area contributed by atoms with Gasteiger partial charge in [0.1, 0.15) is 19.0 Å². The molecule has 0 heterocycles. The van der Waals surface area contributed by atoms with Gasteiger partial charge in [0, 0.05) is 10.6 Å². The summed E-state index contributed by atoms with van der Waals surface area (Å²) >= 11 is 5.88. The number of aliphatic hydroxyl groups is 1. The van der Waals surface area contributed by atoms with Gasteiger partial charge in [0.2, 0.25) is 0 Å². The van der Waals surface area contributed by atoms with Crippen molar-refractivity contribution in [1.82, 2.24) is 0 Å². The minimum absolute atomic E-state index is 0.304. The highest BCUT2D eigenvalue weighted by Gasteiger charge is 2.04. The van der Waals surface area contributed by atoms with E-state index in [1.165, 1.54) is 0 Å². The number of benzene rings is 2. The average Bonchev–Trinajstić information content (AvgIpc) is 2.45. The average molecular weight is 277 g/mol. The highest BCUT2D eigenvalue weighted by Crippen LogP contribution is 2.16. The van der Waals surface area contributed by atoms with Gasteiger partial charge in [-0.2, -0.15) is 0 Å². The third kappa shape index (κ3) is 3.81. The van der Waals surface area contributed by atoms with Gasteiger partial charge in [0.05, 0.1) is 0 Å². The highest BCUT2D eigenvalue weighted by molar-refractivity contribution is 6.30. The zero-order valence-electron chi connectivity index (χ0n) is 10.2. The molecule has 3 nitrogen and oxygen atoms in total. The lowest BCUT2D eigenvalue weighted by molar-refractivity contribution is 0.0903. The first-order chi connectivity index (χ1) is 9.19. The maximum atomic E-state index is 11.2. The van der Waals surface area contributed by atoms with Crippen LogP contribution in [0.5, 0.6) is 5.75 Å². The third-order valence-corrected chi connectivity index (χ3v) is 2.85. The van der Waals surface area contributed by atoms with E-state index < -0.39 is 6.61 Å². The SMILES string of the molecule is O=C(CO)c1ccc(OCc2cccc(Cl)c2)cc1. The molecule has 1 N–H and O–H groups in total. The van der Waals surface area contributed by atoms with Crippen molar-refractivity contribution in [2.45, 2.75) is 6.61 Å². The summed E-state index contributed by atoms with van der Waals surface area (Å²) in [5.74, 6) is 0.357. The molecule has 2 aromatic rings. The number of halogens is 1. The molecule has 2 rings (SSSR count). The molecule has 2 aromatic carbocycles. The monoisotopic (exact) mass is 276 g/mol. The third-order valence-electron chi connectivity index (χ3n) is 2.61. The molecule has 0 radical (unpaired) electrons. The summed E-state index contributed by atoms with van der Waals surface area (Å²) in [6, 6.07) is 14.1. The molecule has 0 aromatic heterocycles. The van der Waals surface area contributed by atoms with Crippen LogP contribution in [0, 0.1) is 0 Å². The Balaban J connectivity index is 1.98. The fraction of sp³-hybridized carbons (Fsp3) is 0.133. The van der Waals surface area contributed by atoms with Crippen LogP contribution in [0.2, 0.25) is 5.02 Å². The lowest BCUT2D eigenvalue weighted by Gasteiger charge is -2.07. The molecule has 0 saturated heterocycles. The van der Waals surface area contributed by atoms with Crippen LogP contribution >= 0.6 is 11.6 Å². The highest BCUT2D eigenvalue weighted by atomic mass is 35.5. The van der Waals surface area contributed by atoms with Crippen molar-refractivity contribution in [2.24, 2.45) is 0 Å². The van der Waals surface area contributed by atoms with Gasteiger partial charge in [-0.05, 0) is 42.0 Å². The largest absolute Gasteiger partial charge is 0.489 e. The Labute approximate surface area is 116 Å². The summed E-state index contributed by atoms with van der Waals surface area (Å²) in [5.41, 5.74) is 1.45. The first kappa shape index (κ1) is 13.6. The molecule has 0 aliphatic carbocycles. The van der Waals surface area contributed by atoms with Gasteiger partial charge in [-0.1, -0.05) is 23.7 Å². The Bertz CT molecular complexity index is 564. The van der Waals surface area contributed by atoms with Gasteiger partial charge in [-0.3, -0.25) is 4.79 Å². The minimum Gasteiger partial charge on any atom is -0.489 e. The van der Waals surface area contributed by atoms with E-state index in [-0.39, 0.29) is 5.78 Å². The predicted molar refractivity (Wildman–Crippen MR) is 73.6 cm³/mol. The van der Waals surface area contributed by atoms with Crippen molar-refractivity contribution >= 4 is 17.4 Å². The smallest absolute Gasteiger partial charge is 0.188 e. The second-order valence-corrected chi connectivity index (χ2v) is 4.46. The molecule has 0 spiro atoms. The van der Waals surface area contributed by atoms with Crippen LogP contribution in [-0.2, 0) is 6.61 Å². The van der Waals surface area contributed by atoms with E-state index in [2.05, 4.69) is 0 Å². The van der Waals surface area contributed by atoms with Gasteiger partial charge >= 0.3 is 0 Å². The van der Waals surface area contributed by atoms with E-state index in [1.54, 1.807) is 30.3 Å². The molecule has 4 heteroatoms. The second-order valence-electron chi connectivity index (χ2n) is 4.02. The standard InChI is InChI=1S/C15H13ClO3/c16-13-3-1-2-11(8-13)10-19-14-6-4-12(5-7-14)15(18)9-17/h1-8,17H,9-10H2. The molecule has 0 unspecified atom stereocenters. The van der Waals surface area contributed by atoms with Gasteiger partial charge in [0.15, 0.2) is 5.78 Å². The van der Waals surface area contributed by atoms with E-state index >= 15 is 0 Å². The van der Waals surface area contributed by atoms with Crippen molar-refractivity contribution in [3.8, 4) is 5.75 Å². The number of carbonyl (C=O) groups excluding carboxylic acids is 1. The van der Waals surface area contributed by atoms with Gasteiger partial charge in [-0.15, -0.1) is 0 Å². The van der Waals surface area contributed by atoms with Crippen LogP contribution in [0.25, 0.3) is 0 Å². The van der Waals surface area contributed by atoms with Crippen molar-refractivity contribution in [3.05, 3.63) is 64.7 Å². The second kappa shape index (κ2) is 6.36. The molecule has 0 bridgehead atoms. The molecule has 0 aliphatic heterocycles. The Morgan fingerprint density at radius 2 is 1.89 bits per heavy atom. The van der Waals surface area contributed by atoms with Crippen LogP contribution in [0.1, 0.15) is 15.9 Å². The Morgan fingerprint density at radius 3 is 2.53 bits per heavy atom. The minimum atomic E-state index is -0.483. The maximum Gasteiger partial charge on any atom is 0.188 e. The zero-order valence-corrected chi connectivity index (χ0v) is 10.9. The Kier molecular flexibility index (Phi) is 4.55. The molecule has 0 saturated carbocycles. The lowest BCUT2D eigenvalue weighted by Crippen LogP contribution is -2.04. The van der Waals surface area contributed by atoms with E-state index in [9.17, 15) is 4.79 Å². The van der Waals surface area contributed by atoms with Gasteiger partial charge in [0.25, 0.3) is 0 Å². The lowest BCUT2D eigenvalue weighted by atomic mass is 10.1. The van der Waals surface area contributed by atoms with Crippen molar-refractivity contribution in [1.29, 1.82) is 0 Å². The number of Topliss-reactive ketones (excluding diaryl/α,β-unsaturated/α-hetero) is 1. The predicted octanol–water partition coefficient (Wildman–Crippen LogP) is 3.09. The first-order valence-electron chi connectivity index (χ1n) is 5.80. The topological polar surface area (TPSA) is 46.5 Å². The summed E-state index contributed by atoms with van der Waals surface area (Å²) < 4.78 is 5.58. The zero-order chi connectivity index (χ0) is 13.7. The molecule has 19 heavy (non-hydrogen) atoms. The molecule has 0 amide bonds. The number of ether oxygens (including phenoxy) is 1. The summed E-state index contributed by atoms with van der Waals surface area (Å²) in [6.45, 7) is -0.0728. The maximum absolute atomic E-state index is 11.2. The van der Waals surface area contributed by atoms with Gasteiger partial charge in [-0.25, -0.2) is 0 Å². The first-order valence-corrected chi connectivity index (χ1v) is 6.18. The number of carbonyl (C=O) groups is 1. The quantitative estimate of drug-likeness (QED) is 0.854. The van der Waals surface area contributed by atoms with Crippen molar-refractivity contribution in [3.63, 3.8) is 0 Å². The Hall–Kier alpha value is -1.84. The van der Waals surface area contributed by atoms with Crippen molar-refractivity contribution in [2.75, 3.05) is 6.61 Å². The van der Waals surface area contributed by atoms with Crippen LogP contribution in [0.15, 0.2) is 48.5 Å². The number of rotatable bonds is 5. The molecular formula is C15H13ClO3. The number of aliphatic hydroxyl groups excluding tert-OH is 1. The van der Waals surface area contributed by atoms with Crippen molar-refractivity contribution < 1.29 is 14.6 Å². The van der Waals surface area contributed by atoms with E-state index in [1.807, 2.05) is 18.2 Å². The van der Waals surface area contributed by atoms with Crippen LogP contribution in [0.3, 0.4) is 0 Å². The number of hydrogen-bond acceptors (Lipinski definition) is 3. The van der Waals surface area contributed by atoms with E-state index in [0.29, 0.717) is 22.9 Å². The normalized spacial score (nSPS) is 10.2. The number of hydrogen-bond donors (Lipinski definition) is 1. The summed E-state index contributed by atoms with van der Waals surface area (Å²) in [4.78, 5) is 11.2. The van der Waals surface area contributed by atoms with Crippen LogP contribution in [0.4, 0.5) is 0 Å². The van der Waals surface area contributed by atoms with E-state index in [4.69, 9.17) is 21.4 Å².